The number of hydrogen-bond acceptors (Lipinski definition) is 4. The van der Waals surface area contributed by atoms with Crippen LogP contribution in [-0.2, 0) is 6.42 Å². The second-order valence-corrected chi connectivity index (χ2v) is 8.01. The number of benzene rings is 2. The van der Waals surface area contributed by atoms with Crippen molar-refractivity contribution in [2.45, 2.75) is 25.7 Å². The van der Waals surface area contributed by atoms with E-state index in [1.54, 1.807) is 0 Å². The molecule has 29 heavy (non-hydrogen) atoms. The SMILES string of the molecule is O=c1c2c(oc3cc(NCCN4CCCC4)ccc13)C(=Cc1ccccc1)CC2. The van der Waals surface area contributed by atoms with Crippen LogP contribution in [0.4, 0.5) is 5.69 Å². The van der Waals surface area contributed by atoms with Crippen LogP contribution in [-0.4, -0.2) is 31.1 Å². The number of anilines is 1. The van der Waals surface area contributed by atoms with Gasteiger partial charge in [0.05, 0.1) is 5.39 Å². The normalized spacial score (nSPS) is 17.9. The molecule has 0 spiro atoms. The first-order chi connectivity index (χ1) is 14.3. The highest BCUT2D eigenvalue weighted by atomic mass is 16.3. The maximum Gasteiger partial charge on any atom is 0.196 e. The number of nitrogens with zero attached hydrogens (tertiary/aromatic N) is 1. The third kappa shape index (κ3) is 3.73. The predicted molar refractivity (Wildman–Crippen MR) is 119 cm³/mol. The van der Waals surface area contributed by atoms with Crippen LogP contribution in [0, 0.1) is 0 Å². The van der Waals surface area contributed by atoms with Crippen molar-refractivity contribution in [2.24, 2.45) is 0 Å². The molecule has 0 unspecified atom stereocenters. The highest BCUT2D eigenvalue weighted by Crippen LogP contribution is 2.34. The van der Waals surface area contributed by atoms with Crippen LogP contribution >= 0.6 is 0 Å². The van der Waals surface area contributed by atoms with E-state index in [0.717, 1.165) is 54.1 Å². The zero-order valence-electron chi connectivity index (χ0n) is 16.6. The summed E-state index contributed by atoms with van der Waals surface area (Å²) in [5.74, 6) is 0.764. The van der Waals surface area contributed by atoms with Gasteiger partial charge in [0.25, 0.3) is 0 Å². The highest BCUT2D eigenvalue weighted by molar-refractivity contribution is 5.88. The van der Waals surface area contributed by atoms with Gasteiger partial charge in [0.2, 0.25) is 0 Å². The Labute approximate surface area is 170 Å². The molecular formula is C25H26N2O2. The standard InChI is InChI=1S/C25H26N2O2/c28-24-21-11-9-20(26-12-15-27-13-4-5-14-27)17-23(21)29-25-19(8-10-22(24)25)16-18-6-2-1-3-7-18/h1-3,6-7,9,11,16-17,26H,4-5,8,10,12-15H2. The summed E-state index contributed by atoms with van der Waals surface area (Å²) in [6.45, 7) is 4.36. The molecule has 1 fully saturated rings. The number of hydrogen-bond donors (Lipinski definition) is 1. The van der Waals surface area contributed by atoms with E-state index in [1.165, 1.54) is 25.9 Å². The number of rotatable bonds is 5. The van der Waals surface area contributed by atoms with Gasteiger partial charge in [-0.1, -0.05) is 30.3 Å². The van der Waals surface area contributed by atoms with Gasteiger partial charge in [0.1, 0.15) is 11.3 Å². The fourth-order valence-electron chi connectivity index (χ4n) is 4.45. The Morgan fingerprint density at radius 3 is 2.69 bits per heavy atom. The minimum absolute atomic E-state index is 0.112. The van der Waals surface area contributed by atoms with Crippen molar-refractivity contribution < 1.29 is 4.42 Å². The van der Waals surface area contributed by atoms with E-state index < -0.39 is 0 Å². The summed E-state index contributed by atoms with van der Waals surface area (Å²) in [5, 5.41) is 4.16. The van der Waals surface area contributed by atoms with Gasteiger partial charge in [-0.3, -0.25) is 4.79 Å². The minimum atomic E-state index is 0.112. The van der Waals surface area contributed by atoms with Gasteiger partial charge in [-0.25, -0.2) is 0 Å². The molecular weight excluding hydrogens is 360 g/mol. The molecule has 1 saturated heterocycles. The molecule has 0 amide bonds. The van der Waals surface area contributed by atoms with E-state index in [0.29, 0.717) is 11.0 Å². The topological polar surface area (TPSA) is 45.5 Å². The van der Waals surface area contributed by atoms with E-state index in [4.69, 9.17) is 4.42 Å². The Kier molecular flexibility index (Phi) is 4.94. The number of fused-ring (bicyclic) bond motifs is 2. The van der Waals surface area contributed by atoms with E-state index in [9.17, 15) is 4.79 Å². The van der Waals surface area contributed by atoms with Crippen LogP contribution in [0.2, 0.25) is 0 Å². The summed E-state index contributed by atoms with van der Waals surface area (Å²) in [7, 11) is 0. The lowest BCUT2D eigenvalue weighted by Gasteiger charge is -2.15. The van der Waals surface area contributed by atoms with Gasteiger partial charge < -0.3 is 14.6 Å². The quantitative estimate of drug-likeness (QED) is 0.685. The molecule has 1 aliphatic heterocycles. The lowest BCUT2D eigenvalue weighted by Crippen LogP contribution is -2.25. The Morgan fingerprint density at radius 2 is 1.86 bits per heavy atom. The zero-order chi connectivity index (χ0) is 19.6. The molecule has 148 valence electrons. The molecule has 5 rings (SSSR count). The second kappa shape index (κ2) is 7.88. The lowest BCUT2D eigenvalue weighted by molar-refractivity contribution is 0.352. The number of likely N-dealkylation sites (tertiary alicyclic amines) is 1. The third-order valence-corrected chi connectivity index (χ3v) is 6.02. The fraction of sp³-hybridized carbons (Fsp3) is 0.320. The molecule has 2 aromatic carbocycles. The van der Waals surface area contributed by atoms with Gasteiger partial charge in [-0.2, -0.15) is 0 Å². The maximum absolute atomic E-state index is 13.0. The van der Waals surface area contributed by atoms with E-state index in [1.807, 2.05) is 36.4 Å². The molecule has 2 heterocycles. The third-order valence-electron chi connectivity index (χ3n) is 6.02. The smallest absolute Gasteiger partial charge is 0.196 e. The van der Waals surface area contributed by atoms with E-state index in [-0.39, 0.29) is 5.43 Å². The Bertz CT molecular complexity index is 1110. The van der Waals surface area contributed by atoms with Gasteiger partial charge in [-0.05, 0) is 68.1 Å². The Morgan fingerprint density at radius 1 is 1.03 bits per heavy atom. The van der Waals surface area contributed by atoms with Crippen LogP contribution in [0.3, 0.4) is 0 Å². The molecule has 0 bridgehead atoms. The first-order valence-corrected chi connectivity index (χ1v) is 10.6. The van der Waals surface area contributed by atoms with Crippen molar-refractivity contribution in [3.63, 3.8) is 0 Å². The second-order valence-electron chi connectivity index (χ2n) is 8.01. The molecule has 1 N–H and O–H groups in total. The van der Waals surface area contributed by atoms with Gasteiger partial charge in [-0.15, -0.1) is 0 Å². The molecule has 1 aromatic heterocycles. The van der Waals surface area contributed by atoms with Crippen molar-refractivity contribution in [3.8, 4) is 0 Å². The monoisotopic (exact) mass is 386 g/mol. The molecule has 4 heteroatoms. The zero-order valence-corrected chi connectivity index (χ0v) is 16.6. The molecule has 0 saturated carbocycles. The lowest BCUT2D eigenvalue weighted by atomic mass is 10.1. The Balaban J connectivity index is 1.43. The molecule has 4 nitrogen and oxygen atoms in total. The van der Waals surface area contributed by atoms with Gasteiger partial charge in [0.15, 0.2) is 5.43 Å². The summed E-state index contributed by atoms with van der Waals surface area (Å²) in [5.41, 5.74) is 4.84. The van der Waals surface area contributed by atoms with Crippen molar-refractivity contribution in [1.82, 2.24) is 4.90 Å². The van der Waals surface area contributed by atoms with Crippen LogP contribution < -0.4 is 10.7 Å². The summed E-state index contributed by atoms with van der Waals surface area (Å²) in [6, 6.07) is 16.1. The van der Waals surface area contributed by atoms with Crippen LogP contribution in [0.5, 0.6) is 0 Å². The Hall–Kier alpha value is -2.85. The summed E-state index contributed by atoms with van der Waals surface area (Å²) < 4.78 is 6.27. The number of nitrogens with one attached hydrogen (secondary N) is 1. The van der Waals surface area contributed by atoms with Gasteiger partial charge >= 0.3 is 0 Å². The molecule has 1 aliphatic carbocycles. The summed E-state index contributed by atoms with van der Waals surface area (Å²) in [4.78, 5) is 15.5. The molecule has 3 aromatic rings. The minimum Gasteiger partial charge on any atom is -0.456 e. The molecule has 0 radical (unpaired) electrons. The first kappa shape index (κ1) is 18.2. The van der Waals surface area contributed by atoms with Crippen LogP contribution in [0.15, 0.2) is 57.7 Å². The van der Waals surface area contributed by atoms with E-state index in [2.05, 4.69) is 28.4 Å². The van der Waals surface area contributed by atoms with Crippen LogP contribution in [0.25, 0.3) is 22.6 Å². The number of allylic oxidation sites excluding steroid dienone is 1. The van der Waals surface area contributed by atoms with Crippen molar-refractivity contribution in [1.29, 1.82) is 0 Å². The predicted octanol–water partition coefficient (Wildman–Crippen LogP) is 4.79. The van der Waals surface area contributed by atoms with E-state index >= 15 is 0 Å². The molecule has 2 aliphatic rings. The van der Waals surface area contributed by atoms with Crippen LogP contribution in [0.1, 0.15) is 36.1 Å². The maximum atomic E-state index is 13.0. The van der Waals surface area contributed by atoms with Gasteiger partial charge in [0, 0.05) is 30.4 Å². The average Bonchev–Trinajstić information content (AvgIpc) is 3.40. The van der Waals surface area contributed by atoms with Crippen molar-refractivity contribution in [2.75, 3.05) is 31.5 Å². The average molecular weight is 386 g/mol. The molecule has 0 atom stereocenters. The summed E-state index contributed by atoms with van der Waals surface area (Å²) in [6.07, 6.45) is 6.36. The fourth-order valence-corrected chi connectivity index (χ4v) is 4.45. The summed E-state index contributed by atoms with van der Waals surface area (Å²) >= 11 is 0. The highest BCUT2D eigenvalue weighted by Gasteiger charge is 2.24. The van der Waals surface area contributed by atoms with Crippen molar-refractivity contribution in [3.05, 3.63) is 75.6 Å². The largest absolute Gasteiger partial charge is 0.456 e. The van der Waals surface area contributed by atoms with Crippen molar-refractivity contribution >= 4 is 28.3 Å². The first-order valence-electron chi connectivity index (χ1n) is 10.6.